The quantitative estimate of drug-likeness (QED) is 0.470. The summed E-state index contributed by atoms with van der Waals surface area (Å²) in [5.41, 5.74) is -0.469. The summed E-state index contributed by atoms with van der Waals surface area (Å²) in [4.78, 5) is 26.0. The molecule has 0 heterocycles. The molecular formula is C15H14Br2O2. The summed E-state index contributed by atoms with van der Waals surface area (Å²) in [5, 5.41) is 0. The molecule has 2 bridgehead atoms. The summed E-state index contributed by atoms with van der Waals surface area (Å²) in [6.07, 6.45) is 6.64. The van der Waals surface area contributed by atoms with Crippen LogP contribution < -0.4 is 0 Å². The maximum atomic E-state index is 13.1. The Balaban J connectivity index is 2.17. The van der Waals surface area contributed by atoms with Gasteiger partial charge in [0.2, 0.25) is 0 Å². The molecule has 0 aromatic rings. The van der Waals surface area contributed by atoms with Crippen LogP contribution in [0.25, 0.3) is 0 Å². The Bertz CT molecular complexity index is 634. The molecule has 4 heteroatoms. The zero-order chi connectivity index (χ0) is 13.8. The maximum absolute atomic E-state index is 13.1. The first-order valence-corrected chi connectivity index (χ1v) is 8.23. The summed E-state index contributed by atoms with van der Waals surface area (Å²) >= 11 is 7.14. The highest BCUT2D eigenvalue weighted by Gasteiger charge is 2.86. The van der Waals surface area contributed by atoms with E-state index in [-0.39, 0.29) is 11.6 Å². The Morgan fingerprint density at radius 1 is 1.21 bits per heavy atom. The monoisotopic (exact) mass is 384 g/mol. The van der Waals surface area contributed by atoms with Gasteiger partial charge >= 0.3 is 0 Å². The van der Waals surface area contributed by atoms with Crippen LogP contribution >= 0.6 is 31.9 Å². The summed E-state index contributed by atoms with van der Waals surface area (Å²) in [5.74, 6) is 0.344. The zero-order valence-electron chi connectivity index (χ0n) is 10.8. The minimum absolute atomic E-state index is 0.134. The van der Waals surface area contributed by atoms with Crippen molar-refractivity contribution in [1.29, 1.82) is 0 Å². The molecule has 2 fully saturated rings. The van der Waals surface area contributed by atoms with Gasteiger partial charge in [-0.3, -0.25) is 9.59 Å². The second-order valence-electron chi connectivity index (χ2n) is 6.56. The third-order valence-corrected chi connectivity index (χ3v) is 8.30. The molecule has 2 saturated carbocycles. The van der Waals surface area contributed by atoms with Gasteiger partial charge in [0.25, 0.3) is 0 Å². The van der Waals surface area contributed by atoms with Crippen LogP contribution in [0.4, 0.5) is 0 Å². The second kappa shape index (κ2) is 3.01. The molecule has 0 aromatic heterocycles. The van der Waals surface area contributed by atoms with Crippen molar-refractivity contribution in [1.82, 2.24) is 0 Å². The lowest BCUT2D eigenvalue weighted by Gasteiger charge is -2.47. The van der Waals surface area contributed by atoms with E-state index < -0.39 is 20.6 Å². The van der Waals surface area contributed by atoms with E-state index in [1.165, 1.54) is 0 Å². The van der Waals surface area contributed by atoms with Gasteiger partial charge in [-0.05, 0) is 35.7 Å². The maximum Gasteiger partial charge on any atom is 0.177 e. The highest BCUT2D eigenvalue weighted by molar-refractivity contribution is 9.12. The van der Waals surface area contributed by atoms with E-state index in [9.17, 15) is 9.59 Å². The van der Waals surface area contributed by atoms with Crippen LogP contribution in [0.15, 0.2) is 22.2 Å². The molecule has 4 atom stereocenters. The van der Waals surface area contributed by atoms with Gasteiger partial charge in [-0.15, -0.1) is 0 Å². The topological polar surface area (TPSA) is 34.1 Å². The number of hydrogen-bond donors (Lipinski definition) is 0. The molecule has 2 spiro atoms. The number of Topliss-reactive ketones (excluding diaryl/α,β-unsaturated/α-hetero) is 2. The van der Waals surface area contributed by atoms with E-state index in [1.54, 1.807) is 0 Å². The Morgan fingerprint density at radius 3 is 2.58 bits per heavy atom. The summed E-state index contributed by atoms with van der Waals surface area (Å²) in [6.45, 7) is 4.09. The van der Waals surface area contributed by atoms with Crippen LogP contribution in [0, 0.1) is 16.2 Å². The lowest BCUT2D eigenvalue weighted by molar-refractivity contribution is -0.136. The van der Waals surface area contributed by atoms with E-state index in [0.717, 1.165) is 24.8 Å². The normalized spacial score (nSPS) is 54.3. The summed E-state index contributed by atoms with van der Waals surface area (Å²) < 4.78 is -0.0453. The van der Waals surface area contributed by atoms with E-state index in [0.29, 0.717) is 4.48 Å². The first kappa shape index (κ1) is 12.5. The number of ketones is 2. The standard InChI is InChI=1S/C15H14Br2O2/c1-8-6-15(17)11(19)13(8)4-3-5-14(13)10(18)9(16)7-12(14,15)2/h6-7H,3-5H2,1-2H3/t12-,13-,14+,15-/m1/s1. The summed E-state index contributed by atoms with van der Waals surface area (Å²) in [7, 11) is 0. The first-order chi connectivity index (χ1) is 8.78. The smallest absolute Gasteiger partial charge is 0.177 e. The fourth-order valence-corrected chi connectivity index (χ4v) is 7.49. The largest absolute Gasteiger partial charge is 0.297 e. The molecule has 0 aromatic carbocycles. The van der Waals surface area contributed by atoms with E-state index >= 15 is 0 Å². The van der Waals surface area contributed by atoms with Crippen LogP contribution in [-0.2, 0) is 9.59 Å². The molecule has 100 valence electrons. The predicted octanol–water partition coefficient (Wildman–Crippen LogP) is 3.69. The van der Waals surface area contributed by atoms with Crippen LogP contribution in [0.1, 0.15) is 33.1 Å². The van der Waals surface area contributed by atoms with Crippen molar-refractivity contribution in [3.05, 3.63) is 22.2 Å². The average Bonchev–Trinajstić information content (AvgIpc) is 2.93. The molecule has 0 radical (unpaired) electrons. The highest BCUT2D eigenvalue weighted by Crippen LogP contribution is 2.82. The number of halogens is 2. The van der Waals surface area contributed by atoms with Crippen LogP contribution in [0.2, 0.25) is 0 Å². The Kier molecular flexibility index (Phi) is 1.98. The molecule has 0 aliphatic heterocycles. The first-order valence-electron chi connectivity index (χ1n) is 6.65. The molecule has 4 aliphatic rings. The number of carbonyl (C=O) groups excluding carboxylic acids is 2. The fraction of sp³-hybridized carbons (Fsp3) is 0.600. The molecule has 0 N–H and O–H groups in total. The van der Waals surface area contributed by atoms with E-state index in [2.05, 4.69) is 44.9 Å². The van der Waals surface area contributed by atoms with Gasteiger partial charge in [0.05, 0.1) is 15.3 Å². The van der Waals surface area contributed by atoms with Gasteiger partial charge in [-0.1, -0.05) is 47.0 Å². The SMILES string of the molecule is CC1=C[C@@]2(Br)C(=O)[C@@]13CCC[C@@]31C(=O)C(Br)=C[C@]12C. The van der Waals surface area contributed by atoms with Crippen molar-refractivity contribution >= 4 is 43.4 Å². The van der Waals surface area contributed by atoms with Gasteiger partial charge < -0.3 is 0 Å². The van der Waals surface area contributed by atoms with Gasteiger partial charge in [0.1, 0.15) is 4.32 Å². The Morgan fingerprint density at radius 2 is 1.89 bits per heavy atom. The van der Waals surface area contributed by atoms with Crippen LogP contribution in [0.5, 0.6) is 0 Å². The molecule has 4 aliphatic carbocycles. The van der Waals surface area contributed by atoms with E-state index in [1.807, 2.05) is 13.0 Å². The molecule has 4 rings (SSSR count). The van der Waals surface area contributed by atoms with Crippen molar-refractivity contribution < 1.29 is 9.59 Å². The van der Waals surface area contributed by atoms with Crippen LogP contribution in [0.3, 0.4) is 0 Å². The molecular weight excluding hydrogens is 372 g/mol. The van der Waals surface area contributed by atoms with Gasteiger partial charge in [0, 0.05) is 5.41 Å². The van der Waals surface area contributed by atoms with Crippen molar-refractivity contribution in [3.8, 4) is 0 Å². The van der Waals surface area contributed by atoms with Crippen LogP contribution in [-0.4, -0.2) is 15.9 Å². The molecule has 2 nitrogen and oxygen atoms in total. The lowest BCUT2D eigenvalue weighted by Crippen LogP contribution is -2.51. The molecule has 0 saturated heterocycles. The van der Waals surface area contributed by atoms with Gasteiger partial charge in [-0.2, -0.15) is 0 Å². The number of carbonyl (C=O) groups is 2. The minimum atomic E-state index is -0.699. The number of allylic oxidation sites excluding steroid dienone is 4. The number of hydrogen-bond acceptors (Lipinski definition) is 2. The van der Waals surface area contributed by atoms with E-state index in [4.69, 9.17) is 0 Å². The van der Waals surface area contributed by atoms with Gasteiger partial charge in [0.15, 0.2) is 11.6 Å². The van der Waals surface area contributed by atoms with Crippen molar-refractivity contribution in [2.24, 2.45) is 16.2 Å². The third-order valence-electron chi connectivity index (χ3n) is 6.30. The van der Waals surface area contributed by atoms with Crippen molar-refractivity contribution in [3.63, 3.8) is 0 Å². The van der Waals surface area contributed by atoms with Gasteiger partial charge in [-0.25, -0.2) is 0 Å². The van der Waals surface area contributed by atoms with Crippen molar-refractivity contribution in [2.45, 2.75) is 37.4 Å². The highest BCUT2D eigenvalue weighted by atomic mass is 79.9. The number of fused-ring (bicyclic) bond motifs is 2. The zero-order valence-corrected chi connectivity index (χ0v) is 14.0. The second-order valence-corrected chi connectivity index (χ2v) is 8.66. The fourth-order valence-electron chi connectivity index (χ4n) is 5.56. The van der Waals surface area contributed by atoms with Crippen molar-refractivity contribution in [2.75, 3.05) is 0 Å². The number of rotatable bonds is 0. The molecule has 0 amide bonds. The molecule has 0 unspecified atom stereocenters. The third kappa shape index (κ3) is 0.836. The molecule has 19 heavy (non-hydrogen) atoms. The lowest BCUT2D eigenvalue weighted by atomic mass is 9.54. The minimum Gasteiger partial charge on any atom is -0.297 e. The number of alkyl halides is 1. The predicted molar refractivity (Wildman–Crippen MR) is 79.3 cm³/mol. The average molecular weight is 386 g/mol. The Labute approximate surface area is 129 Å². The Hall–Kier alpha value is -0.220. The summed E-state index contributed by atoms with van der Waals surface area (Å²) in [6, 6.07) is 0.